The van der Waals surface area contributed by atoms with Crippen molar-refractivity contribution < 1.29 is 32.2 Å². The van der Waals surface area contributed by atoms with Gasteiger partial charge in [0.25, 0.3) is 5.91 Å². The van der Waals surface area contributed by atoms with Crippen LogP contribution in [0.4, 0.5) is 18.9 Å². The molecule has 1 aliphatic rings. The van der Waals surface area contributed by atoms with Crippen LogP contribution in [0.5, 0.6) is 11.5 Å². The molecule has 1 heterocycles. The van der Waals surface area contributed by atoms with Crippen molar-refractivity contribution in [2.45, 2.75) is 38.4 Å². The number of para-hydroxylation sites is 2. The predicted octanol–water partition coefficient (Wildman–Crippen LogP) is 3.99. The second kappa shape index (κ2) is 13.5. The van der Waals surface area contributed by atoms with Crippen molar-refractivity contribution in [2.75, 3.05) is 58.5 Å². The van der Waals surface area contributed by atoms with E-state index in [-0.39, 0.29) is 30.1 Å². The zero-order valence-corrected chi connectivity index (χ0v) is 21.6. The van der Waals surface area contributed by atoms with Crippen LogP contribution >= 0.6 is 0 Å². The lowest BCUT2D eigenvalue weighted by Crippen LogP contribution is -2.32. The Morgan fingerprint density at radius 2 is 1.86 bits per heavy atom. The van der Waals surface area contributed by atoms with Crippen molar-refractivity contribution in [3.8, 4) is 11.5 Å². The normalized spacial score (nSPS) is 13.8. The first-order valence-corrected chi connectivity index (χ1v) is 12.5. The Morgan fingerprint density at radius 1 is 1.14 bits per heavy atom. The largest absolute Gasteiger partial charge is 0.488 e. The fraction of sp³-hybridized carbons (Fsp3) is 0.519. The summed E-state index contributed by atoms with van der Waals surface area (Å²) in [6.07, 6.45) is -1.91. The highest BCUT2D eigenvalue weighted by molar-refractivity contribution is 6.01. The van der Waals surface area contributed by atoms with Crippen LogP contribution in [-0.2, 0) is 17.6 Å². The number of carbonyl (C=O) groups is 1. The molecule has 1 unspecified atom stereocenters. The van der Waals surface area contributed by atoms with Gasteiger partial charge < -0.3 is 29.7 Å². The molecule has 0 fully saturated rings. The van der Waals surface area contributed by atoms with E-state index in [4.69, 9.17) is 14.2 Å². The summed E-state index contributed by atoms with van der Waals surface area (Å²) in [5, 5.41) is 6.14. The summed E-state index contributed by atoms with van der Waals surface area (Å²) in [5.41, 5.74) is 3.96. The third kappa shape index (κ3) is 8.53. The Labute approximate surface area is 216 Å². The van der Waals surface area contributed by atoms with Gasteiger partial charge in [-0.1, -0.05) is 18.2 Å². The number of nitrogens with one attached hydrogen (secondary N) is 2. The molecule has 0 aromatic heterocycles. The average molecular weight is 524 g/mol. The zero-order chi connectivity index (χ0) is 26.8. The molecule has 0 aliphatic carbocycles. The van der Waals surface area contributed by atoms with Crippen molar-refractivity contribution in [2.24, 2.45) is 0 Å². The maximum absolute atomic E-state index is 12.7. The highest BCUT2D eigenvalue weighted by Crippen LogP contribution is 2.34. The molecule has 0 radical (unpaired) electrons. The summed E-state index contributed by atoms with van der Waals surface area (Å²) in [6.45, 7) is 3.84. The van der Waals surface area contributed by atoms with E-state index in [1.165, 1.54) is 11.6 Å². The minimum Gasteiger partial charge on any atom is -0.488 e. The van der Waals surface area contributed by atoms with Crippen molar-refractivity contribution in [1.82, 2.24) is 10.6 Å². The van der Waals surface area contributed by atoms with Crippen molar-refractivity contribution in [3.63, 3.8) is 0 Å². The number of alkyl halides is 3. The summed E-state index contributed by atoms with van der Waals surface area (Å²) in [5.74, 6) is 0.228. The molecule has 0 bridgehead atoms. The van der Waals surface area contributed by atoms with Gasteiger partial charge in [0.1, 0.15) is 6.61 Å². The Morgan fingerprint density at radius 3 is 2.54 bits per heavy atom. The quantitative estimate of drug-likeness (QED) is 0.365. The molecule has 2 aromatic rings. The number of halogens is 3. The van der Waals surface area contributed by atoms with Gasteiger partial charge in [-0.3, -0.25) is 4.79 Å². The standard InChI is InChI=1S/C27H36F3N3O4/c1-19(32-10-14-36-23-7-4-5-8-24(23)37-18-27(28,29)30)15-20-16-21-9-12-33(11-6-13-35-3)25(21)22(17-20)26(34)31-2/h4-5,7-8,16-17,19,32H,6,9-15,18H2,1-3H3,(H,31,34). The van der Waals surface area contributed by atoms with E-state index in [0.29, 0.717) is 25.1 Å². The number of benzene rings is 2. The number of carbonyl (C=O) groups excluding carboxylic acids is 1. The van der Waals surface area contributed by atoms with E-state index < -0.39 is 12.8 Å². The Kier molecular flexibility index (Phi) is 10.5. The van der Waals surface area contributed by atoms with Gasteiger partial charge in [0.05, 0.1) is 11.3 Å². The van der Waals surface area contributed by atoms with Gasteiger partial charge in [-0.05, 0) is 55.5 Å². The molecule has 204 valence electrons. The van der Waals surface area contributed by atoms with Crippen molar-refractivity contribution in [3.05, 3.63) is 53.1 Å². The number of fused-ring (bicyclic) bond motifs is 1. The summed E-state index contributed by atoms with van der Waals surface area (Å²) in [7, 11) is 3.33. The summed E-state index contributed by atoms with van der Waals surface area (Å²) in [6, 6.07) is 10.6. The molecule has 37 heavy (non-hydrogen) atoms. The van der Waals surface area contributed by atoms with Crippen LogP contribution in [0, 0.1) is 0 Å². The maximum Gasteiger partial charge on any atom is 0.422 e. The number of methoxy groups -OCH3 is 1. The topological polar surface area (TPSA) is 72.1 Å². The number of nitrogens with zero attached hydrogens (tertiary/aromatic N) is 1. The Hall–Kier alpha value is -2.98. The molecule has 1 atom stereocenters. The number of rotatable bonds is 14. The van der Waals surface area contributed by atoms with Crippen LogP contribution in [0.25, 0.3) is 0 Å². The van der Waals surface area contributed by atoms with Crippen molar-refractivity contribution >= 4 is 11.6 Å². The highest BCUT2D eigenvalue weighted by Gasteiger charge is 2.29. The lowest BCUT2D eigenvalue weighted by Gasteiger charge is -2.23. The van der Waals surface area contributed by atoms with Crippen LogP contribution in [0.15, 0.2) is 36.4 Å². The molecule has 1 aliphatic heterocycles. The summed E-state index contributed by atoms with van der Waals surface area (Å²) < 4.78 is 53.2. The molecular formula is C27H36F3N3O4. The smallest absolute Gasteiger partial charge is 0.422 e. The third-order valence-electron chi connectivity index (χ3n) is 6.10. The van der Waals surface area contributed by atoms with E-state index in [9.17, 15) is 18.0 Å². The van der Waals surface area contributed by atoms with Crippen LogP contribution in [0.2, 0.25) is 0 Å². The highest BCUT2D eigenvalue weighted by atomic mass is 19.4. The Bertz CT molecular complexity index is 1030. The third-order valence-corrected chi connectivity index (χ3v) is 6.10. The van der Waals surface area contributed by atoms with Gasteiger partial charge in [0.2, 0.25) is 0 Å². The second-order valence-electron chi connectivity index (χ2n) is 9.07. The van der Waals surface area contributed by atoms with E-state index >= 15 is 0 Å². The SMILES string of the molecule is CNC(=O)c1cc(CC(C)NCCOc2ccccc2OCC(F)(F)F)cc2c1N(CCCOC)CC2. The molecule has 10 heteroatoms. The maximum atomic E-state index is 12.7. The van der Waals surface area contributed by atoms with Crippen molar-refractivity contribution in [1.29, 1.82) is 0 Å². The summed E-state index contributed by atoms with van der Waals surface area (Å²) in [4.78, 5) is 15.0. The van der Waals surface area contributed by atoms with E-state index in [1.807, 2.05) is 13.0 Å². The number of hydrogen-bond acceptors (Lipinski definition) is 6. The molecule has 0 saturated heterocycles. The first-order chi connectivity index (χ1) is 17.7. The molecule has 7 nitrogen and oxygen atoms in total. The molecule has 2 N–H and O–H groups in total. The number of amides is 1. The average Bonchev–Trinajstić information content (AvgIpc) is 3.27. The fourth-order valence-electron chi connectivity index (χ4n) is 4.48. The lowest BCUT2D eigenvalue weighted by molar-refractivity contribution is -0.153. The second-order valence-corrected chi connectivity index (χ2v) is 9.07. The molecule has 1 amide bonds. The van der Waals surface area contributed by atoms with Gasteiger partial charge in [-0.25, -0.2) is 0 Å². The van der Waals surface area contributed by atoms with Crippen LogP contribution < -0.4 is 25.0 Å². The number of hydrogen-bond donors (Lipinski definition) is 2. The lowest BCUT2D eigenvalue weighted by atomic mass is 9.98. The number of ether oxygens (including phenoxy) is 3. The van der Waals surface area contributed by atoms with Gasteiger partial charge in [-0.2, -0.15) is 13.2 Å². The Balaban J connectivity index is 1.56. The van der Waals surface area contributed by atoms with Crippen LogP contribution in [-0.4, -0.2) is 71.7 Å². The van der Waals surface area contributed by atoms with Gasteiger partial charge in [0.15, 0.2) is 18.1 Å². The first kappa shape index (κ1) is 28.6. The molecular weight excluding hydrogens is 487 g/mol. The van der Waals surface area contributed by atoms with Gasteiger partial charge in [-0.15, -0.1) is 0 Å². The summed E-state index contributed by atoms with van der Waals surface area (Å²) >= 11 is 0. The predicted molar refractivity (Wildman–Crippen MR) is 137 cm³/mol. The first-order valence-electron chi connectivity index (χ1n) is 12.5. The molecule has 0 spiro atoms. The minimum absolute atomic E-state index is 0.0593. The fourth-order valence-corrected chi connectivity index (χ4v) is 4.48. The minimum atomic E-state index is -4.42. The number of anilines is 1. The van der Waals surface area contributed by atoms with Gasteiger partial charge in [0, 0.05) is 46.4 Å². The van der Waals surface area contributed by atoms with E-state index in [0.717, 1.165) is 37.2 Å². The molecule has 0 saturated carbocycles. The van der Waals surface area contributed by atoms with Crippen LogP contribution in [0.3, 0.4) is 0 Å². The molecule has 3 rings (SSSR count). The van der Waals surface area contributed by atoms with E-state index in [1.54, 1.807) is 32.4 Å². The molecule has 2 aromatic carbocycles. The van der Waals surface area contributed by atoms with Gasteiger partial charge >= 0.3 is 6.18 Å². The van der Waals surface area contributed by atoms with Crippen LogP contribution in [0.1, 0.15) is 34.8 Å². The van der Waals surface area contributed by atoms with E-state index in [2.05, 4.69) is 21.6 Å². The zero-order valence-electron chi connectivity index (χ0n) is 21.6. The monoisotopic (exact) mass is 523 g/mol.